The third-order valence-corrected chi connectivity index (χ3v) is 9.67. The van der Waals surface area contributed by atoms with Gasteiger partial charge in [0.2, 0.25) is 0 Å². The van der Waals surface area contributed by atoms with Crippen molar-refractivity contribution in [3.8, 4) is 40.1 Å². The molecule has 210 valence electrons. The van der Waals surface area contributed by atoms with E-state index in [4.69, 9.17) is 4.42 Å². The van der Waals surface area contributed by atoms with Crippen LogP contribution in [0.5, 0.6) is 0 Å². The Morgan fingerprint density at radius 1 is 0.600 bits per heavy atom. The molecule has 2 aromatic heterocycles. The Kier molecular flexibility index (Phi) is 5.06. The van der Waals surface area contributed by atoms with Crippen molar-refractivity contribution in [1.82, 2.24) is 4.57 Å². The van der Waals surface area contributed by atoms with Crippen LogP contribution in [0.25, 0.3) is 71.7 Å². The topological polar surface area (TPSA) is 65.7 Å². The number of furan rings is 1. The van der Waals surface area contributed by atoms with Crippen LogP contribution in [-0.4, -0.2) is 4.57 Å². The molecule has 0 saturated carbocycles. The van der Waals surface area contributed by atoms with Gasteiger partial charge in [-0.05, 0) is 88.5 Å². The van der Waals surface area contributed by atoms with Crippen molar-refractivity contribution in [1.29, 1.82) is 10.5 Å². The number of nitriles is 2. The summed E-state index contributed by atoms with van der Waals surface area (Å²) in [5, 5.41) is 24.2. The van der Waals surface area contributed by atoms with Gasteiger partial charge in [-0.2, -0.15) is 10.5 Å². The van der Waals surface area contributed by atoms with E-state index < -0.39 is 0 Å². The van der Waals surface area contributed by atoms with Gasteiger partial charge in [-0.1, -0.05) is 68.4 Å². The first kappa shape index (κ1) is 25.4. The molecule has 0 aliphatic heterocycles. The quantitative estimate of drug-likeness (QED) is 0.206. The Morgan fingerprint density at radius 3 is 2.27 bits per heavy atom. The second-order valence-corrected chi connectivity index (χ2v) is 12.4. The van der Waals surface area contributed by atoms with Gasteiger partial charge in [0.15, 0.2) is 0 Å². The van der Waals surface area contributed by atoms with Gasteiger partial charge in [0.25, 0.3) is 0 Å². The second-order valence-electron chi connectivity index (χ2n) is 12.4. The number of benzene rings is 6. The maximum Gasteiger partial charge on any atom is 0.135 e. The van der Waals surface area contributed by atoms with Crippen molar-refractivity contribution >= 4 is 43.7 Å². The minimum absolute atomic E-state index is 0.110. The number of hydrogen-bond donors (Lipinski definition) is 0. The van der Waals surface area contributed by atoms with E-state index in [1.807, 2.05) is 48.5 Å². The molecule has 4 nitrogen and oxygen atoms in total. The van der Waals surface area contributed by atoms with Crippen LogP contribution in [0.4, 0.5) is 0 Å². The number of aromatic nitrogens is 1. The number of rotatable bonds is 2. The molecule has 45 heavy (non-hydrogen) atoms. The summed E-state index contributed by atoms with van der Waals surface area (Å²) in [7, 11) is 0. The van der Waals surface area contributed by atoms with Gasteiger partial charge in [-0.3, -0.25) is 0 Å². The van der Waals surface area contributed by atoms with E-state index in [1.165, 1.54) is 22.3 Å². The fourth-order valence-electron chi connectivity index (χ4n) is 7.55. The molecule has 8 aromatic rings. The predicted octanol–water partition coefficient (Wildman–Crippen LogP) is 10.4. The lowest BCUT2D eigenvalue weighted by Crippen LogP contribution is -2.14. The summed E-state index contributed by atoms with van der Waals surface area (Å²) in [6.07, 6.45) is 0. The maximum atomic E-state index is 10.4. The monoisotopic (exact) mass is 575 g/mol. The average Bonchev–Trinajstić information content (AvgIpc) is 3.68. The third-order valence-electron chi connectivity index (χ3n) is 9.67. The van der Waals surface area contributed by atoms with E-state index in [0.717, 1.165) is 60.6 Å². The molecule has 0 radical (unpaired) electrons. The Balaban J connectivity index is 1.32. The molecule has 0 fully saturated rings. The zero-order valence-corrected chi connectivity index (χ0v) is 24.7. The van der Waals surface area contributed by atoms with Crippen LogP contribution < -0.4 is 0 Å². The Bertz CT molecular complexity index is 2650. The first-order valence-electron chi connectivity index (χ1n) is 15.1. The standard InChI is InChI=1S/C41H25N3O/c1-41(2)33-11-5-3-9-27(33)29-20-32-31-19-25(15-17-38(31)45-39(32)21-34(29)41)40-26(23-43)8-7-13-37(40)44-35-12-6-4-10-28(35)30-18-24(22-42)14-16-36(30)44/h3-21H,1-2H3. The van der Waals surface area contributed by atoms with Crippen molar-refractivity contribution in [2.24, 2.45) is 0 Å². The van der Waals surface area contributed by atoms with Crippen molar-refractivity contribution < 1.29 is 4.42 Å². The van der Waals surface area contributed by atoms with E-state index in [1.54, 1.807) is 0 Å². The van der Waals surface area contributed by atoms with Crippen LogP contribution in [0, 0.1) is 22.7 Å². The van der Waals surface area contributed by atoms with Gasteiger partial charge in [0.05, 0.1) is 40.0 Å². The van der Waals surface area contributed by atoms with Crippen LogP contribution in [0.3, 0.4) is 0 Å². The van der Waals surface area contributed by atoms with E-state index in [-0.39, 0.29) is 5.41 Å². The number of para-hydroxylation sites is 1. The molecule has 1 aliphatic rings. The molecule has 2 heterocycles. The third kappa shape index (κ3) is 3.40. The number of hydrogen-bond acceptors (Lipinski definition) is 3. The van der Waals surface area contributed by atoms with Gasteiger partial charge in [-0.15, -0.1) is 0 Å². The zero-order chi connectivity index (χ0) is 30.4. The van der Waals surface area contributed by atoms with Crippen molar-refractivity contribution in [3.05, 3.63) is 138 Å². The second kappa shape index (κ2) is 8.96. The highest BCUT2D eigenvalue weighted by Gasteiger charge is 2.36. The summed E-state index contributed by atoms with van der Waals surface area (Å²) >= 11 is 0. The van der Waals surface area contributed by atoms with Crippen LogP contribution in [0.1, 0.15) is 36.1 Å². The van der Waals surface area contributed by atoms with Crippen LogP contribution in [-0.2, 0) is 5.41 Å². The van der Waals surface area contributed by atoms with Crippen molar-refractivity contribution in [2.45, 2.75) is 19.3 Å². The van der Waals surface area contributed by atoms with Crippen LogP contribution in [0.2, 0.25) is 0 Å². The Labute approximate surface area is 259 Å². The predicted molar refractivity (Wildman–Crippen MR) is 180 cm³/mol. The Hall–Kier alpha value is -6.10. The average molecular weight is 576 g/mol. The summed E-state index contributed by atoms with van der Waals surface area (Å²) in [4.78, 5) is 0. The molecule has 9 rings (SSSR count). The summed E-state index contributed by atoms with van der Waals surface area (Å²) in [6.45, 7) is 4.56. The summed E-state index contributed by atoms with van der Waals surface area (Å²) in [5.74, 6) is 0. The van der Waals surface area contributed by atoms with Gasteiger partial charge in [-0.25, -0.2) is 0 Å². The lowest BCUT2D eigenvalue weighted by atomic mass is 9.82. The lowest BCUT2D eigenvalue weighted by molar-refractivity contribution is 0.647. The summed E-state index contributed by atoms with van der Waals surface area (Å²) < 4.78 is 8.67. The molecule has 0 amide bonds. The molecule has 0 atom stereocenters. The zero-order valence-electron chi connectivity index (χ0n) is 24.7. The van der Waals surface area contributed by atoms with E-state index in [2.05, 4.69) is 97.3 Å². The highest BCUT2D eigenvalue weighted by Crippen LogP contribution is 2.51. The van der Waals surface area contributed by atoms with Gasteiger partial charge < -0.3 is 8.98 Å². The molecule has 0 spiro atoms. The molecule has 0 unspecified atom stereocenters. The van der Waals surface area contributed by atoms with Gasteiger partial charge >= 0.3 is 0 Å². The van der Waals surface area contributed by atoms with E-state index >= 15 is 0 Å². The summed E-state index contributed by atoms with van der Waals surface area (Å²) in [5.41, 5.74) is 12.6. The van der Waals surface area contributed by atoms with Gasteiger partial charge in [0.1, 0.15) is 11.2 Å². The van der Waals surface area contributed by atoms with Gasteiger partial charge in [0, 0.05) is 32.5 Å². The molecular weight excluding hydrogens is 550 g/mol. The number of fused-ring (bicyclic) bond motifs is 9. The molecule has 4 heteroatoms. The Morgan fingerprint density at radius 2 is 1.40 bits per heavy atom. The molecule has 1 aliphatic carbocycles. The minimum Gasteiger partial charge on any atom is -0.456 e. The lowest BCUT2D eigenvalue weighted by Gasteiger charge is -2.21. The largest absolute Gasteiger partial charge is 0.456 e. The highest BCUT2D eigenvalue weighted by molar-refractivity contribution is 6.11. The molecule has 6 aromatic carbocycles. The molecule has 0 N–H and O–H groups in total. The fourth-order valence-corrected chi connectivity index (χ4v) is 7.55. The SMILES string of the molecule is CC1(C)c2ccccc2-c2cc3c(cc21)oc1ccc(-c2c(C#N)cccc2-n2c4ccccc4c4cc(C#N)ccc42)cc13. The van der Waals surface area contributed by atoms with E-state index in [9.17, 15) is 10.5 Å². The number of nitrogens with zero attached hydrogens (tertiary/aromatic N) is 3. The van der Waals surface area contributed by atoms with Crippen molar-refractivity contribution in [2.75, 3.05) is 0 Å². The first-order valence-corrected chi connectivity index (χ1v) is 15.1. The van der Waals surface area contributed by atoms with Crippen LogP contribution in [0.15, 0.2) is 120 Å². The molecular formula is C41H25N3O. The first-order chi connectivity index (χ1) is 22.0. The smallest absolute Gasteiger partial charge is 0.135 e. The fraction of sp³-hybridized carbons (Fsp3) is 0.0732. The maximum absolute atomic E-state index is 10.4. The van der Waals surface area contributed by atoms with Crippen LogP contribution >= 0.6 is 0 Å². The van der Waals surface area contributed by atoms with Crippen molar-refractivity contribution in [3.63, 3.8) is 0 Å². The minimum atomic E-state index is -0.110. The molecule has 0 bridgehead atoms. The highest BCUT2D eigenvalue weighted by atomic mass is 16.3. The normalized spacial score (nSPS) is 13.2. The summed E-state index contributed by atoms with van der Waals surface area (Å²) in [6, 6.07) is 44.1. The van der Waals surface area contributed by atoms with E-state index in [0.29, 0.717) is 11.1 Å². The molecule has 0 saturated heterocycles.